The van der Waals surface area contributed by atoms with E-state index in [1.165, 1.54) is 31.6 Å². The number of amides is 1. The van der Waals surface area contributed by atoms with Crippen LogP contribution in [-0.2, 0) is 4.74 Å². The summed E-state index contributed by atoms with van der Waals surface area (Å²) < 4.78 is 37.0. The Bertz CT molecular complexity index is 804. The summed E-state index contributed by atoms with van der Waals surface area (Å²) in [5, 5.41) is 2.42. The highest BCUT2D eigenvalue weighted by Crippen LogP contribution is 2.32. The van der Waals surface area contributed by atoms with E-state index < -0.39 is 12.5 Å². The van der Waals surface area contributed by atoms with E-state index in [1.54, 1.807) is 6.07 Å². The lowest BCUT2D eigenvalue weighted by Gasteiger charge is -2.16. The van der Waals surface area contributed by atoms with E-state index in [2.05, 4.69) is 20.0 Å². The van der Waals surface area contributed by atoms with Crippen LogP contribution in [0.2, 0.25) is 0 Å². The molecule has 30 heavy (non-hydrogen) atoms. The molecule has 0 aromatic carbocycles. The van der Waals surface area contributed by atoms with Crippen LogP contribution in [0.1, 0.15) is 46.1 Å². The summed E-state index contributed by atoms with van der Waals surface area (Å²) >= 11 is 0. The molecule has 0 spiro atoms. The van der Waals surface area contributed by atoms with Crippen LogP contribution in [0.4, 0.5) is 19.4 Å². The third-order valence-electron chi connectivity index (χ3n) is 3.83. The van der Waals surface area contributed by atoms with Gasteiger partial charge in [0.15, 0.2) is 0 Å². The van der Waals surface area contributed by atoms with Crippen molar-refractivity contribution in [3.63, 3.8) is 0 Å². The summed E-state index contributed by atoms with van der Waals surface area (Å²) in [5.41, 5.74) is 6.61. The number of pyridine rings is 2. The number of nitrogens with one attached hydrogen (secondary N) is 1. The molecule has 0 fully saturated rings. The van der Waals surface area contributed by atoms with Gasteiger partial charge in [0.1, 0.15) is 12.4 Å². The first-order valence-electron chi connectivity index (χ1n) is 9.78. The van der Waals surface area contributed by atoms with Gasteiger partial charge in [0.2, 0.25) is 5.88 Å². The molecule has 0 saturated heterocycles. The molecule has 0 aliphatic heterocycles. The highest BCUT2D eigenvalue weighted by molar-refractivity contribution is 5.84. The van der Waals surface area contributed by atoms with Crippen molar-refractivity contribution in [2.45, 2.75) is 46.6 Å². The second-order valence-electron chi connectivity index (χ2n) is 6.67. The number of halogens is 2. The minimum atomic E-state index is -2.77. The normalized spacial score (nSPS) is 11.5. The lowest BCUT2D eigenvalue weighted by molar-refractivity contribution is 0.142. The van der Waals surface area contributed by atoms with Crippen LogP contribution in [0.25, 0.3) is 11.1 Å². The molecule has 0 bridgehead atoms. The maximum atomic E-state index is 13.5. The summed E-state index contributed by atoms with van der Waals surface area (Å²) in [7, 11) is 1.23. The summed E-state index contributed by atoms with van der Waals surface area (Å²) in [6.07, 6.45) is 0.135. The number of hydrogen-bond acceptors (Lipinski definition) is 6. The molecule has 1 unspecified atom stereocenters. The van der Waals surface area contributed by atoms with Gasteiger partial charge in [0.25, 0.3) is 6.43 Å². The highest BCUT2D eigenvalue weighted by atomic mass is 19.3. The van der Waals surface area contributed by atoms with Crippen LogP contribution in [0.5, 0.6) is 5.88 Å². The zero-order valence-corrected chi connectivity index (χ0v) is 18.0. The number of nitrogens with zero attached hydrogens (tertiary/aromatic N) is 2. The Kier molecular flexibility index (Phi) is 10.7. The number of carbonyl (C=O) groups excluding carboxylic acids is 1. The van der Waals surface area contributed by atoms with Crippen LogP contribution in [-0.4, -0.2) is 35.8 Å². The van der Waals surface area contributed by atoms with Gasteiger partial charge in [-0.2, -0.15) is 0 Å². The Hall–Kier alpha value is -2.81. The first-order valence-corrected chi connectivity index (χ1v) is 9.78. The van der Waals surface area contributed by atoms with Gasteiger partial charge >= 0.3 is 6.09 Å². The maximum Gasteiger partial charge on any atom is 0.412 e. The summed E-state index contributed by atoms with van der Waals surface area (Å²) in [6.45, 7) is 8.15. The number of alkyl halides is 2. The first kappa shape index (κ1) is 25.2. The molecule has 0 aliphatic carbocycles. The molecule has 7 nitrogen and oxygen atoms in total. The Balaban J connectivity index is 0.00000218. The molecule has 0 radical (unpaired) electrons. The average molecular weight is 424 g/mol. The van der Waals surface area contributed by atoms with Crippen LogP contribution in [0.15, 0.2) is 30.6 Å². The molecule has 2 aromatic rings. The van der Waals surface area contributed by atoms with Crippen LogP contribution in [0, 0.1) is 5.92 Å². The predicted octanol–water partition coefficient (Wildman–Crippen LogP) is 5.04. The van der Waals surface area contributed by atoms with Crippen LogP contribution < -0.4 is 15.8 Å². The molecule has 1 amide bonds. The number of carbonyl (C=O) groups is 1. The molecule has 0 saturated carbocycles. The third-order valence-corrected chi connectivity index (χ3v) is 3.83. The van der Waals surface area contributed by atoms with Gasteiger partial charge in [0.05, 0.1) is 12.7 Å². The Morgan fingerprint density at radius 2 is 1.90 bits per heavy atom. The summed E-state index contributed by atoms with van der Waals surface area (Å²) in [5.74, 6) is 0.464. The van der Waals surface area contributed by atoms with Gasteiger partial charge in [-0.05, 0) is 36.1 Å². The van der Waals surface area contributed by atoms with Crippen molar-refractivity contribution < 1.29 is 23.0 Å². The summed E-state index contributed by atoms with van der Waals surface area (Å²) in [4.78, 5) is 19.3. The first-order chi connectivity index (χ1) is 14.3. The lowest BCUT2D eigenvalue weighted by Crippen LogP contribution is -2.29. The fourth-order valence-corrected chi connectivity index (χ4v) is 2.60. The number of rotatable bonds is 8. The summed E-state index contributed by atoms with van der Waals surface area (Å²) in [6, 6.07) is 4.19. The SMILES string of the molecule is CC.COC(=O)Nc1cc(-c2cnc(OCC(N)CC(C)C)c(C(F)F)c2)ccn1. The van der Waals surface area contributed by atoms with Gasteiger partial charge in [-0.25, -0.2) is 23.5 Å². The minimum absolute atomic E-state index is 0.104. The van der Waals surface area contributed by atoms with Crippen molar-refractivity contribution in [3.8, 4) is 17.0 Å². The Labute approximate surface area is 176 Å². The van der Waals surface area contributed by atoms with Crippen molar-refractivity contribution in [3.05, 3.63) is 36.2 Å². The van der Waals surface area contributed by atoms with E-state index in [0.717, 1.165) is 6.42 Å². The monoisotopic (exact) mass is 424 g/mol. The standard InChI is InChI=1S/C19H24F2N4O3.C2H6/c1-11(2)6-14(22)10-28-18-15(17(20)21)7-13(9-24-18)12-4-5-23-16(8-12)25-19(26)27-3;1-2/h4-5,7-9,11,14,17H,6,10,22H2,1-3H3,(H,23,25,26);1-2H3. The Morgan fingerprint density at radius 1 is 1.20 bits per heavy atom. The molecule has 3 N–H and O–H groups in total. The molecule has 2 rings (SSSR count). The van der Waals surface area contributed by atoms with Gasteiger partial charge in [-0.3, -0.25) is 5.32 Å². The quantitative estimate of drug-likeness (QED) is 0.616. The zero-order valence-electron chi connectivity index (χ0n) is 18.0. The second-order valence-corrected chi connectivity index (χ2v) is 6.67. The van der Waals surface area contributed by atoms with Gasteiger partial charge in [-0.15, -0.1) is 0 Å². The maximum absolute atomic E-state index is 13.5. The van der Waals surface area contributed by atoms with Gasteiger partial charge < -0.3 is 15.2 Å². The van der Waals surface area contributed by atoms with Crippen molar-refractivity contribution in [1.82, 2.24) is 9.97 Å². The fourth-order valence-electron chi connectivity index (χ4n) is 2.60. The van der Waals surface area contributed by atoms with Crippen molar-refractivity contribution in [2.24, 2.45) is 11.7 Å². The molecule has 1 atom stereocenters. The number of aromatic nitrogens is 2. The zero-order chi connectivity index (χ0) is 22.7. The molecule has 9 heteroatoms. The molecular formula is C21H30F2N4O3. The number of nitrogens with two attached hydrogens (primary N) is 1. The van der Waals surface area contributed by atoms with E-state index >= 15 is 0 Å². The number of methoxy groups -OCH3 is 1. The predicted molar refractivity (Wildman–Crippen MR) is 113 cm³/mol. The van der Waals surface area contributed by atoms with Crippen LogP contribution in [0.3, 0.4) is 0 Å². The molecular weight excluding hydrogens is 394 g/mol. The third kappa shape index (κ3) is 7.90. The van der Waals surface area contributed by atoms with E-state index in [-0.39, 0.29) is 29.9 Å². The number of ether oxygens (including phenoxy) is 2. The fraction of sp³-hybridized carbons (Fsp3) is 0.476. The molecule has 166 valence electrons. The van der Waals surface area contributed by atoms with Crippen molar-refractivity contribution in [1.29, 1.82) is 0 Å². The van der Waals surface area contributed by atoms with E-state index in [1.807, 2.05) is 27.7 Å². The average Bonchev–Trinajstić information content (AvgIpc) is 2.73. The molecule has 0 aliphatic rings. The van der Waals surface area contributed by atoms with E-state index in [0.29, 0.717) is 17.0 Å². The topological polar surface area (TPSA) is 99.4 Å². The lowest BCUT2D eigenvalue weighted by atomic mass is 10.1. The number of anilines is 1. The van der Waals surface area contributed by atoms with Crippen molar-refractivity contribution >= 4 is 11.9 Å². The van der Waals surface area contributed by atoms with Gasteiger partial charge in [-0.1, -0.05) is 27.7 Å². The second kappa shape index (κ2) is 12.7. The smallest absolute Gasteiger partial charge is 0.412 e. The van der Waals surface area contributed by atoms with E-state index in [4.69, 9.17) is 10.5 Å². The van der Waals surface area contributed by atoms with Crippen molar-refractivity contribution in [2.75, 3.05) is 19.0 Å². The van der Waals surface area contributed by atoms with Crippen LogP contribution >= 0.6 is 0 Å². The highest BCUT2D eigenvalue weighted by Gasteiger charge is 2.18. The minimum Gasteiger partial charge on any atom is -0.476 e. The largest absolute Gasteiger partial charge is 0.476 e. The Morgan fingerprint density at radius 3 is 2.50 bits per heavy atom. The van der Waals surface area contributed by atoms with E-state index in [9.17, 15) is 13.6 Å². The molecule has 2 heterocycles. The number of hydrogen-bond donors (Lipinski definition) is 2. The molecule has 2 aromatic heterocycles. The van der Waals surface area contributed by atoms with Gasteiger partial charge in [0, 0.05) is 24.0 Å².